The number of carboxylic acids is 1. The van der Waals surface area contributed by atoms with E-state index in [1.165, 1.54) is 6.07 Å². The Morgan fingerprint density at radius 3 is 2.36 bits per heavy atom. The van der Waals surface area contributed by atoms with Gasteiger partial charge in [-0.2, -0.15) is 0 Å². The highest BCUT2D eigenvalue weighted by atomic mass is 19.1. The van der Waals surface area contributed by atoms with Crippen LogP contribution >= 0.6 is 0 Å². The minimum absolute atomic E-state index is 0.0205. The van der Waals surface area contributed by atoms with Crippen molar-refractivity contribution in [3.63, 3.8) is 0 Å². The maximum atomic E-state index is 14.0. The fourth-order valence-corrected chi connectivity index (χ4v) is 4.18. The van der Waals surface area contributed by atoms with Crippen LogP contribution in [-0.4, -0.2) is 22.2 Å². The maximum absolute atomic E-state index is 14.0. The molecule has 7 heteroatoms. The van der Waals surface area contributed by atoms with Crippen LogP contribution in [-0.2, 0) is 27.2 Å². The number of carbonyl (C=O) groups is 2. The lowest BCUT2D eigenvalue weighted by Gasteiger charge is -2.14. The number of aromatic nitrogens is 1. The summed E-state index contributed by atoms with van der Waals surface area (Å²) in [6.45, 7) is 5.36. The van der Waals surface area contributed by atoms with Gasteiger partial charge in [0, 0.05) is 16.7 Å². The monoisotopic (exact) mass is 487 g/mol. The molecule has 0 saturated heterocycles. The third-order valence-corrected chi connectivity index (χ3v) is 6.07. The van der Waals surface area contributed by atoms with Crippen LogP contribution in [0.4, 0.5) is 4.39 Å². The summed E-state index contributed by atoms with van der Waals surface area (Å²) >= 11 is 0. The van der Waals surface area contributed by atoms with E-state index in [0.29, 0.717) is 22.6 Å². The summed E-state index contributed by atoms with van der Waals surface area (Å²) in [5.41, 5.74) is 5.96. The van der Waals surface area contributed by atoms with Crippen LogP contribution in [0.1, 0.15) is 41.0 Å². The van der Waals surface area contributed by atoms with Crippen LogP contribution in [0.25, 0.3) is 22.5 Å². The van der Waals surface area contributed by atoms with Crippen LogP contribution in [0.2, 0.25) is 0 Å². The van der Waals surface area contributed by atoms with Gasteiger partial charge < -0.3 is 14.4 Å². The number of esters is 1. The van der Waals surface area contributed by atoms with Crippen LogP contribution in [0.15, 0.2) is 71.3 Å². The Bertz CT molecular complexity index is 1410. The number of nitrogens with zero attached hydrogens (tertiary/aromatic N) is 1. The first kappa shape index (κ1) is 24.9. The number of hydrogen-bond donors (Lipinski definition) is 1. The first-order chi connectivity index (χ1) is 17.2. The number of aliphatic carboxylic acids is 1. The predicted molar refractivity (Wildman–Crippen MR) is 133 cm³/mol. The van der Waals surface area contributed by atoms with Crippen molar-refractivity contribution in [2.75, 3.05) is 0 Å². The number of benzene rings is 3. The number of halogens is 1. The second kappa shape index (κ2) is 10.6. The zero-order valence-electron chi connectivity index (χ0n) is 20.2. The summed E-state index contributed by atoms with van der Waals surface area (Å²) < 4.78 is 25.1. The summed E-state index contributed by atoms with van der Waals surface area (Å²) in [7, 11) is 0. The minimum atomic E-state index is -0.869. The molecule has 0 radical (unpaired) electrons. The molecule has 0 spiro atoms. The fraction of sp³-hybridized carbons (Fsp3) is 0.207. The van der Waals surface area contributed by atoms with E-state index in [1.54, 1.807) is 32.0 Å². The van der Waals surface area contributed by atoms with E-state index >= 15 is 0 Å². The van der Waals surface area contributed by atoms with Gasteiger partial charge in [0.05, 0.1) is 18.5 Å². The molecule has 0 amide bonds. The number of rotatable bonds is 8. The summed E-state index contributed by atoms with van der Waals surface area (Å²) in [5.74, 6) is -1.32. The Hall–Kier alpha value is -4.26. The van der Waals surface area contributed by atoms with Crippen molar-refractivity contribution < 1.29 is 28.3 Å². The van der Waals surface area contributed by atoms with E-state index in [1.807, 2.05) is 49.4 Å². The standard InChI is InChI=1S/C29H26FNO5/c1-17-14-22(12-13-23(17)21-10-8-20(9-11-21)15-27(32)33)29-25(18(2)31-36-29)16-28(34)35-19(3)24-6-4-5-7-26(24)30/h4-14,19H,15-16H2,1-3H3,(H,32,33)/t19-/m1/s1. The van der Waals surface area contributed by atoms with Gasteiger partial charge in [-0.25, -0.2) is 4.39 Å². The number of carbonyl (C=O) groups excluding carboxylic acids is 1. The highest BCUT2D eigenvalue weighted by molar-refractivity contribution is 5.78. The Kier molecular flexibility index (Phi) is 7.29. The quantitative estimate of drug-likeness (QED) is 0.296. The van der Waals surface area contributed by atoms with E-state index in [0.717, 1.165) is 27.8 Å². The van der Waals surface area contributed by atoms with Crippen LogP contribution in [0, 0.1) is 19.7 Å². The van der Waals surface area contributed by atoms with Crippen LogP contribution < -0.4 is 0 Å². The topological polar surface area (TPSA) is 89.6 Å². The van der Waals surface area contributed by atoms with Gasteiger partial charge in [-0.3, -0.25) is 9.59 Å². The zero-order valence-corrected chi connectivity index (χ0v) is 20.2. The second-order valence-electron chi connectivity index (χ2n) is 8.70. The zero-order chi connectivity index (χ0) is 25.8. The number of hydrogen-bond acceptors (Lipinski definition) is 5. The molecule has 1 atom stereocenters. The molecule has 4 rings (SSSR count). The minimum Gasteiger partial charge on any atom is -0.481 e. The van der Waals surface area contributed by atoms with Gasteiger partial charge in [0.1, 0.15) is 11.9 Å². The molecule has 3 aromatic carbocycles. The highest BCUT2D eigenvalue weighted by Gasteiger charge is 2.22. The molecule has 1 aromatic heterocycles. The van der Waals surface area contributed by atoms with E-state index in [2.05, 4.69) is 5.16 Å². The molecule has 1 N–H and O–H groups in total. The molecule has 0 saturated carbocycles. The average Bonchev–Trinajstić information content (AvgIpc) is 3.19. The van der Waals surface area contributed by atoms with Crippen molar-refractivity contribution in [1.82, 2.24) is 5.16 Å². The molecule has 0 unspecified atom stereocenters. The van der Waals surface area contributed by atoms with Crippen molar-refractivity contribution >= 4 is 11.9 Å². The van der Waals surface area contributed by atoms with Crippen molar-refractivity contribution in [1.29, 1.82) is 0 Å². The lowest BCUT2D eigenvalue weighted by Crippen LogP contribution is -2.13. The molecule has 0 bridgehead atoms. The van der Waals surface area contributed by atoms with Gasteiger partial charge in [-0.1, -0.05) is 59.8 Å². The number of aryl methyl sites for hydroxylation is 2. The van der Waals surface area contributed by atoms with Gasteiger partial charge in [-0.15, -0.1) is 0 Å². The van der Waals surface area contributed by atoms with E-state index < -0.39 is 23.9 Å². The van der Waals surface area contributed by atoms with Crippen LogP contribution in [0.3, 0.4) is 0 Å². The lowest BCUT2D eigenvalue weighted by atomic mass is 9.95. The molecular weight excluding hydrogens is 461 g/mol. The number of carboxylic acid groups (broad SMARTS) is 1. The maximum Gasteiger partial charge on any atom is 0.311 e. The first-order valence-electron chi connectivity index (χ1n) is 11.5. The van der Waals surface area contributed by atoms with Gasteiger partial charge in [0.15, 0.2) is 5.76 Å². The third kappa shape index (κ3) is 5.51. The third-order valence-electron chi connectivity index (χ3n) is 6.07. The molecule has 0 aliphatic carbocycles. The van der Waals surface area contributed by atoms with E-state index in [-0.39, 0.29) is 12.8 Å². The van der Waals surface area contributed by atoms with Crippen LogP contribution in [0.5, 0.6) is 0 Å². The Labute approximate surface area is 208 Å². The molecule has 0 fully saturated rings. The molecule has 0 aliphatic rings. The molecule has 1 heterocycles. The predicted octanol–water partition coefficient (Wildman–Crippen LogP) is 6.24. The van der Waals surface area contributed by atoms with Crippen molar-refractivity contribution in [2.45, 2.75) is 39.7 Å². The summed E-state index contributed by atoms with van der Waals surface area (Å²) in [6, 6.07) is 19.4. The molecular formula is C29H26FNO5. The summed E-state index contributed by atoms with van der Waals surface area (Å²) in [4.78, 5) is 23.6. The SMILES string of the molecule is Cc1cc(-c2onc(C)c2CC(=O)O[C@H](C)c2ccccc2F)ccc1-c1ccc(CC(=O)O)cc1. The van der Waals surface area contributed by atoms with Crippen molar-refractivity contribution in [3.8, 4) is 22.5 Å². The first-order valence-corrected chi connectivity index (χ1v) is 11.5. The highest BCUT2D eigenvalue weighted by Crippen LogP contribution is 2.32. The fourth-order valence-electron chi connectivity index (χ4n) is 4.18. The molecule has 6 nitrogen and oxygen atoms in total. The van der Waals surface area contributed by atoms with Crippen molar-refractivity contribution in [2.24, 2.45) is 0 Å². The van der Waals surface area contributed by atoms with Gasteiger partial charge in [0.25, 0.3) is 0 Å². The largest absolute Gasteiger partial charge is 0.481 e. The van der Waals surface area contributed by atoms with Gasteiger partial charge in [-0.05, 0) is 55.2 Å². The van der Waals surface area contributed by atoms with E-state index in [9.17, 15) is 14.0 Å². The van der Waals surface area contributed by atoms with E-state index in [4.69, 9.17) is 14.4 Å². The normalized spacial score (nSPS) is 11.8. The average molecular weight is 488 g/mol. The Morgan fingerprint density at radius 1 is 1.00 bits per heavy atom. The molecule has 184 valence electrons. The second-order valence-corrected chi connectivity index (χ2v) is 8.70. The van der Waals surface area contributed by atoms with Gasteiger partial charge in [0.2, 0.25) is 0 Å². The molecule has 36 heavy (non-hydrogen) atoms. The summed E-state index contributed by atoms with van der Waals surface area (Å²) in [5, 5.41) is 13.0. The Morgan fingerprint density at radius 2 is 1.69 bits per heavy atom. The molecule has 4 aromatic rings. The Balaban J connectivity index is 1.53. The van der Waals surface area contributed by atoms with Gasteiger partial charge >= 0.3 is 11.9 Å². The molecule has 0 aliphatic heterocycles. The summed E-state index contributed by atoms with van der Waals surface area (Å²) in [6.07, 6.45) is -0.812. The smallest absolute Gasteiger partial charge is 0.311 e. The van der Waals surface area contributed by atoms with Crippen molar-refractivity contribution in [3.05, 3.63) is 100 Å². The lowest BCUT2D eigenvalue weighted by molar-refractivity contribution is -0.147. The number of ether oxygens (including phenoxy) is 1.